The molecule has 1 N–H and O–H groups in total. The second kappa shape index (κ2) is 7.34. The van der Waals surface area contributed by atoms with Crippen LogP contribution in [-0.4, -0.2) is 37.0 Å². The number of carbonyl (C=O) groups is 1. The van der Waals surface area contributed by atoms with Gasteiger partial charge in [-0.05, 0) is 45.0 Å². The number of hydrogen-bond acceptors (Lipinski definition) is 3. The van der Waals surface area contributed by atoms with Crippen LogP contribution in [0.15, 0.2) is 22.8 Å². The molecule has 1 aromatic rings. The summed E-state index contributed by atoms with van der Waals surface area (Å²) in [5.74, 6) is 1.17. The van der Waals surface area contributed by atoms with Gasteiger partial charge in [-0.3, -0.25) is 9.69 Å². The lowest BCUT2D eigenvalue weighted by molar-refractivity contribution is -0.126. The first kappa shape index (κ1) is 14.1. The molecule has 0 bridgehead atoms. The molecule has 1 atom stereocenters. The van der Waals surface area contributed by atoms with Crippen molar-refractivity contribution in [1.82, 2.24) is 10.2 Å². The Hall–Kier alpha value is -1.29. The van der Waals surface area contributed by atoms with E-state index < -0.39 is 0 Å². The number of aryl methyl sites for hydroxylation is 1. The Bertz CT molecular complexity index is 376. The maximum absolute atomic E-state index is 12.1. The summed E-state index contributed by atoms with van der Waals surface area (Å²) < 4.78 is 5.27. The van der Waals surface area contributed by atoms with E-state index in [2.05, 4.69) is 17.3 Å². The minimum Gasteiger partial charge on any atom is -0.469 e. The highest BCUT2D eigenvalue weighted by Crippen LogP contribution is 2.15. The molecular formula is C15H24N2O2. The highest BCUT2D eigenvalue weighted by molar-refractivity contribution is 5.81. The van der Waals surface area contributed by atoms with E-state index in [0.29, 0.717) is 0 Å². The van der Waals surface area contributed by atoms with Crippen molar-refractivity contribution in [2.45, 2.75) is 44.6 Å². The molecule has 0 spiro atoms. The van der Waals surface area contributed by atoms with Crippen LogP contribution in [0, 0.1) is 0 Å². The van der Waals surface area contributed by atoms with Crippen LogP contribution in [0.25, 0.3) is 0 Å². The molecule has 4 nitrogen and oxygen atoms in total. The minimum absolute atomic E-state index is 0.0612. The van der Waals surface area contributed by atoms with Crippen molar-refractivity contribution >= 4 is 5.91 Å². The first-order valence-electron chi connectivity index (χ1n) is 7.27. The summed E-state index contributed by atoms with van der Waals surface area (Å²) in [5.41, 5.74) is 0. The van der Waals surface area contributed by atoms with E-state index in [1.54, 1.807) is 6.26 Å². The van der Waals surface area contributed by atoms with E-state index in [0.717, 1.165) is 44.5 Å². The molecule has 4 heteroatoms. The fourth-order valence-electron chi connectivity index (χ4n) is 2.63. The Kier molecular flexibility index (Phi) is 5.45. The number of carbonyl (C=O) groups excluding carboxylic acids is 1. The van der Waals surface area contributed by atoms with Crippen LogP contribution in [0.5, 0.6) is 0 Å². The molecule has 0 aromatic carbocycles. The van der Waals surface area contributed by atoms with Crippen molar-refractivity contribution < 1.29 is 9.21 Å². The van der Waals surface area contributed by atoms with Gasteiger partial charge in [-0.15, -0.1) is 0 Å². The molecule has 1 amide bonds. The number of nitrogens with one attached hydrogen (secondary N) is 1. The van der Waals surface area contributed by atoms with E-state index in [9.17, 15) is 4.79 Å². The number of likely N-dealkylation sites (tertiary alicyclic amines) is 1. The smallest absolute Gasteiger partial charge is 0.237 e. The number of nitrogens with zero attached hydrogens (tertiary/aromatic N) is 1. The molecule has 2 heterocycles. The lowest BCUT2D eigenvalue weighted by Gasteiger charge is -2.24. The van der Waals surface area contributed by atoms with E-state index in [-0.39, 0.29) is 11.9 Å². The van der Waals surface area contributed by atoms with Gasteiger partial charge in [0.15, 0.2) is 0 Å². The predicted octanol–water partition coefficient (Wildman–Crippen LogP) is 2.20. The van der Waals surface area contributed by atoms with Gasteiger partial charge in [0, 0.05) is 13.0 Å². The number of rotatable bonds is 5. The Morgan fingerprint density at radius 2 is 2.37 bits per heavy atom. The number of hydrogen-bond donors (Lipinski definition) is 1. The van der Waals surface area contributed by atoms with Gasteiger partial charge >= 0.3 is 0 Å². The molecule has 0 aliphatic carbocycles. The zero-order valence-corrected chi connectivity index (χ0v) is 11.7. The van der Waals surface area contributed by atoms with Crippen LogP contribution < -0.4 is 5.32 Å². The lowest BCUT2D eigenvalue weighted by atomic mass is 10.1. The van der Waals surface area contributed by atoms with Crippen LogP contribution in [0.1, 0.15) is 37.9 Å². The van der Waals surface area contributed by atoms with Crippen molar-refractivity contribution in [2.75, 3.05) is 20.1 Å². The third kappa shape index (κ3) is 4.39. The molecule has 1 unspecified atom stereocenters. The third-order valence-electron chi connectivity index (χ3n) is 3.80. The van der Waals surface area contributed by atoms with E-state index in [4.69, 9.17) is 4.42 Å². The van der Waals surface area contributed by atoms with Gasteiger partial charge in [0.1, 0.15) is 5.76 Å². The van der Waals surface area contributed by atoms with Crippen molar-refractivity contribution in [3.8, 4) is 0 Å². The second-order valence-corrected chi connectivity index (χ2v) is 5.32. The van der Waals surface area contributed by atoms with Gasteiger partial charge in [0.25, 0.3) is 0 Å². The quantitative estimate of drug-likeness (QED) is 0.829. The average Bonchev–Trinajstić information content (AvgIpc) is 2.82. The van der Waals surface area contributed by atoms with Crippen LogP contribution in [0.3, 0.4) is 0 Å². The summed E-state index contributed by atoms with van der Waals surface area (Å²) in [6, 6.07) is 3.93. The summed E-state index contributed by atoms with van der Waals surface area (Å²) >= 11 is 0. The normalized spacial score (nSPS) is 21.0. The molecule has 1 aromatic heterocycles. The summed E-state index contributed by atoms with van der Waals surface area (Å²) in [5, 5.41) is 3.05. The SMILES string of the molecule is CN1CCCCCC1C(=O)NCCCc1ccco1. The number of furan rings is 1. The van der Waals surface area contributed by atoms with E-state index in [1.807, 2.05) is 12.1 Å². The van der Waals surface area contributed by atoms with Crippen molar-refractivity contribution in [1.29, 1.82) is 0 Å². The molecule has 0 radical (unpaired) electrons. The van der Waals surface area contributed by atoms with Gasteiger partial charge in [0.05, 0.1) is 12.3 Å². The Morgan fingerprint density at radius 1 is 1.47 bits per heavy atom. The van der Waals surface area contributed by atoms with E-state index in [1.165, 1.54) is 12.8 Å². The number of amides is 1. The fourth-order valence-corrected chi connectivity index (χ4v) is 2.63. The van der Waals surface area contributed by atoms with Gasteiger partial charge < -0.3 is 9.73 Å². The average molecular weight is 264 g/mol. The Balaban J connectivity index is 1.68. The van der Waals surface area contributed by atoms with E-state index >= 15 is 0 Å². The third-order valence-corrected chi connectivity index (χ3v) is 3.80. The van der Waals surface area contributed by atoms with Crippen molar-refractivity contribution in [3.05, 3.63) is 24.2 Å². The van der Waals surface area contributed by atoms with Crippen LogP contribution in [0.4, 0.5) is 0 Å². The predicted molar refractivity (Wildman–Crippen MR) is 74.9 cm³/mol. The minimum atomic E-state index is 0.0612. The molecular weight excluding hydrogens is 240 g/mol. The monoisotopic (exact) mass is 264 g/mol. The standard InChI is InChI=1S/C15H24N2O2/c1-17-11-4-2-3-9-14(17)15(18)16-10-5-7-13-8-6-12-19-13/h6,8,12,14H,2-5,7,9-11H2,1H3,(H,16,18). The van der Waals surface area contributed by atoms with Crippen LogP contribution in [-0.2, 0) is 11.2 Å². The van der Waals surface area contributed by atoms with Gasteiger partial charge in [0.2, 0.25) is 5.91 Å². The van der Waals surface area contributed by atoms with Crippen LogP contribution >= 0.6 is 0 Å². The highest BCUT2D eigenvalue weighted by Gasteiger charge is 2.23. The summed E-state index contributed by atoms with van der Waals surface area (Å²) in [6.07, 6.45) is 8.10. The molecule has 1 fully saturated rings. The van der Waals surface area contributed by atoms with Gasteiger partial charge in [-0.1, -0.05) is 12.8 Å². The summed E-state index contributed by atoms with van der Waals surface area (Å²) in [7, 11) is 2.05. The first-order valence-corrected chi connectivity index (χ1v) is 7.27. The highest BCUT2D eigenvalue weighted by atomic mass is 16.3. The molecule has 1 saturated heterocycles. The number of likely N-dealkylation sites (N-methyl/N-ethyl adjacent to an activating group) is 1. The molecule has 106 valence electrons. The topological polar surface area (TPSA) is 45.5 Å². The fraction of sp³-hybridized carbons (Fsp3) is 0.667. The maximum Gasteiger partial charge on any atom is 0.237 e. The van der Waals surface area contributed by atoms with Crippen LogP contribution in [0.2, 0.25) is 0 Å². The van der Waals surface area contributed by atoms with Gasteiger partial charge in [-0.25, -0.2) is 0 Å². The molecule has 2 rings (SSSR count). The Labute approximate surface area is 115 Å². The lowest BCUT2D eigenvalue weighted by Crippen LogP contribution is -2.45. The first-order chi connectivity index (χ1) is 9.27. The molecule has 1 aliphatic heterocycles. The zero-order valence-electron chi connectivity index (χ0n) is 11.7. The molecule has 19 heavy (non-hydrogen) atoms. The molecule has 0 saturated carbocycles. The summed E-state index contributed by atoms with van der Waals surface area (Å²) in [6.45, 7) is 1.76. The zero-order chi connectivity index (χ0) is 13.5. The van der Waals surface area contributed by atoms with Crippen molar-refractivity contribution in [3.63, 3.8) is 0 Å². The largest absolute Gasteiger partial charge is 0.469 e. The Morgan fingerprint density at radius 3 is 3.16 bits per heavy atom. The van der Waals surface area contributed by atoms with Crippen molar-refractivity contribution in [2.24, 2.45) is 0 Å². The molecule has 1 aliphatic rings. The second-order valence-electron chi connectivity index (χ2n) is 5.32. The summed E-state index contributed by atoms with van der Waals surface area (Å²) in [4.78, 5) is 14.3. The van der Waals surface area contributed by atoms with Gasteiger partial charge in [-0.2, -0.15) is 0 Å². The maximum atomic E-state index is 12.1.